The highest BCUT2D eigenvalue weighted by Gasteiger charge is 2.27. The van der Waals surface area contributed by atoms with Crippen molar-refractivity contribution >= 4 is 22.4 Å². The molecular formula is C11H19N3OS. The van der Waals surface area contributed by atoms with Crippen molar-refractivity contribution in [1.29, 1.82) is 0 Å². The molecule has 1 unspecified atom stereocenters. The molecule has 0 radical (unpaired) electrons. The van der Waals surface area contributed by atoms with Gasteiger partial charge in [0.15, 0.2) is 5.13 Å². The van der Waals surface area contributed by atoms with Gasteiger partial charge in [-0.2, -0.15) is 0 Å². The molecule has 0 spiro atoms. The topological polar surface area (TPSA) is 68.0 Å². The fourth-order valence-corrected chi connectivity index (χ4v) is 2.21. The Hall–Kier alpha value is -0.940. The molecule has 1 aromatic heterocycles. The third-order valence-electron chi connectivity index (χ3n) is 2.54. The van der Waals surface area contributed by atoms with Crippen molar-refractivity contribution in [2.75, 3.05) is 5.32 Å². The monoisotopic (exact) mass is 241 g/mol. The summed E-state index contributed by atoms with van der Waals surface area (Å²) in [5.41, 5.74) is 6.06. The number of nitrogens with two attached hydrogens (primary N) is 1. The Morgan fingerprint density at radius 1 is 1.56 bits per heavy atom. The molecule has 0 aliphatic carbocycles. The molecule has 90 valence electrons. The molecule has 0 bridgehead atoms. The van der Waals surface area contributed by atoms with Gasteiger partial charge in [0.05, 0.1) is 11.2 Å². The van der Waals surface area contributed by atoms with Gasteiger partial charge in [0, 0.05) is 4.88 Å². The highest BCUT2D eigenvalue weighted by molar-refractivity contribution is 7.15. The Bertz CT molecular complexity index is 365. The summed E-state index contributed by atoms with van der Waals surface area (Å²) in [5, 5.41) is 3.40. The van der Waals surface area contributed by atoms with E-state index in [0.717, 1.165) is 17.0 Å². The van der Waals surface area contributed by atoms with E-state index in [9.17, 15) is 4.79 Å². The normalized spacial score (nSPS) is 14.6. The predicted molar refractivity (Wildman–Crippen MR) is 67.7 cm³/mol. The Balaban J connectivity index is 2.71. The van der Waals surface area contributed by atoms with E-state index in [1.54, 1.807) is 6.92 Å². The molecular weight excluding hydrogens is 222 g/mol. The number of carbonyl (C=O) groups excluding carboxylic acids is 1. The van der Waals surface area contributed by atoms with Gasteiger partial charge in [-0.05, 0) is 27.2 Å². The number of aryl methyl sites for hydroxylation is 2. The van der Waals surface area contributed by atoms with Crippen LogP contribution < -0.4 is 11.1 Å². The molecule has 3 N–H and O–H groups in total. The maximum absolute atomic E-state index is 11.9. The summed E-state index contributed by atoms with van der Waals surface area (Å²) in [6.45, 7) is 7.67. The van der Waals surface area contributed by atoms with Crippen LogP contribution in [0.1, 0.15) is 37.3 Å². The fourth-order valence-electron chi connectivity index (χ4n) is 1.40. The highest BCUT2D eigenvalue weighted by Crippen LogP contribution is 2.22. The Kier molecular flexibility index (Phi) is 4.04. The van der Waals surface area contributed by atoms with Gasteiger partial charge >= 0.3 is 0 Å². The Morgan fingerprint density at radius 2 is 2.19 bits per heavy atom. The molecule has 0 fully saturated rings. The number of hydrogen-bond acceptors (Lipinski definition) is 4. The fraction of sp³-hybridized carbons (Fsp3) is 0.636. The average Bonchev–Trinajstić information content (AvgIpc) is 2.45. The van der Waals surface area contributed by atoms with E-state index in [-0.39, 0.29) is 5.91 Å². The first-order valence-corrected chi connectivity index (χ1v) is 6.23. The van der Waals surface area contributed by atoms with Crippen LogP contribution in [-0.4, -0.2) is 16.4 Å². The SMILES string of the molecule is CCCC(C)(N)C(=O)Nc1nc(C)c(C)s1. The minimum Gasteiger partial charge on any atom is -0.318 e. The van der Waals surface area contributed by atoms with E-state index in [2.05, 4.69) is 10.3 Å². The lowest BCUT2D eigenvalue weighted by Gasteiger charge is -2.21. The number of amides is 1. The second-order valence-corrected chi connectivity index (χ2v) is 5.49. The molecule has 1 heterocycles. The van der Waals surface area contributed by atoms with Crippen molar-refractivity contribution in [3.63, 3.8) is 0 Å². The van der Waals surface area contributed by atoms with E-state index in [4.69, 9.17) is 5.73 Å². The zero-order valence-corrected chi connectivity index (χ0v) is 11.1. The number of aromatic nitrogens is 1. The van der Waals surface area contributed by atoms with Crippen molar-refractivity contribution in [3.05, 3.63) is 10.6 Å². The summed E-state index contributed by atoms with van der Waals surface area (Å²) < 4.78 is 0. The summed E-state index contributed by atoms with van der Waals surface area (Å²) >= 11 is 1.48. The maximum atomic E-state index is 11.9. The van der Waals surface area contributed by atoms with Gasteiger partial charge in [-0.1, -0.05) is 13.3 Å². The number of carbonyl (C=O) groups is 1. The zero-order valence-electron chi connectivity index (χ0n) is 10.3. The van der Waals surface area contributed by atoms with Gasteiger partial charge in [-0.25, -0.2) is 4.98 Å². The first-order valence-electron chi connectivity index (χ1n) is 5.41. The van der Waals surface area contributed by atoms with Gasteiger partial charge in [0.2, 0.25) is 5.91 Å². The Labute approximate surface area is 100 Å². The van der Waals surface area contributed by atoms with E-state index in [1.807, 2.05) is 20.8 Å². The lowest BCUT2D eigenvalue weighted by atomic mass is 9.97. The van der Waals surface area contributed by atoms with Crippen LogP contribution in [0.25, 0.3) is 0 Å². The summed E-state index contributed by atoms with van der Waals surface area (Å²) in [5.74, 6) is -0.164. The van der Waals surface area contributed by atoms with Gasteiger partial charge in [0.1, 0.15) is 0 Å². The number of hydrogen-bond donors (Lipinski definition) is 2. The first-order chi connectivity index (χ1) is 7.36. The minimum absolute atomic E-state index is 0.164. The number of nitrogens with one attached hydrogen (secondary N) is 1. The predicted octanol–water partition coefficient (Wildman–Crippen LogP) is 2.22. The molecule has 0 saturated carbocycles. The van der Waals surface area contributed by atoms with E-state index in [0.29, 0.717) is 11.6 Å². The number of nitrogens with zero attached hydrogens (tertiary/aromatic N) is 1. The molecule has 1 rings (SSSR count). The van der Waals surface area contributed by atoms with Crippen LogP contribution in [0.4, 0.5) is 5.13 Å². The van der Waals surface area contributed by atoms with Crippen LogP contribution in [-0.2, 0) is 4.79 Å². The average molecular weight is 241 g/mol. The van der Waals surface area contributed by atoms with Crippen molar-refractivity contribution in [1.82, 2.24) is 4.98 Å². The van der Waals surface area contributed by atoms with Crippen molar-refractivity contribution in [2.45, 2.75) is 46.1 Å². The van der Waals surface area contributed by atoms with Gasteiger partial charge < -0.3 is 11.1 Å². The quantitative estimate of drug-likeness (QED) is 0.849. The molecule has 0 saturated heterocycles. The maximum Gasteiger partial charge on any atom is 0.245 e. The van der Waals surface area contributed by atoms with Crippen LogP contribution >= 0.6 is 11.3 Å². The van der Waals surface area contributed by atoms with Crippen LogP contribution in [0.3, 0.4) is 0 Å². The van der Waals surface area contributed by atoms with Crippen molar-refractivity contribution in [2.24, 2.45) is 5.73 Å². The molecule has 4 nitrogen and oxygen atoms in total. The second-order valence-electron chi connectivity index (χ2n) is 4.28. The molecule has 16 heavy (non-hydrogen) atoms. The minimum atomic E-state index is -0.817. The van der Waals surface area contributed by atoms with Crippen LogP contribution in [0.5, 0.6) is 0 Å². The first kappa shape index (κ1) is 13.1. The van der Waals surface area contributed by atoms with Gasteiger partial charge in [-0.3, -0.25) is 4.79 Å². The molecule has 0 aliphatic heterocycles. The van der Waals surface area contributed by atoms with E-state index in [1.165, 1.54) is 11.3 Å². The van der Waals surface area contributed by atoms with Crippen molar-refractivity contribution in [3.8, 4) is 0 Å². The lowest BCUT2D eigenvalue weighted by molar-refractivity contribution is -0.120. The summed E-state index contributed by atoms with van der Waals surface area (Å²) in [6, 6.07) is 0. The molecule has 1 aromatic rings. The van der Waals surface area contributed by atoms with Gasteiger partial charge in [0.25, 0.3) is 0 Å². The third kappa shape index (κ3) is 3.02. The van der Waals surface area contributed by atoms with Crippen molar-refractivity contribution < 1.29 is 4.79 Å². The summed E-state index contributed by atoms with van der Waals surface area (Å²) in [4.78, 5) is 17.2. The summed E-state index contributed by atoms with van der Waals surface area (Å²) in [7, 11) is 0. The van der Waals surface area contributed by atoms with E-state index >= 15 is 0 Å². The molecule has 0 aromatic carbocycles. The largest absolute Gasteiger partial charge is 0.318 e. The third-order valence-corrected chi connectivity index (χ3v) is 3.53. The van der Waals surface area contributed by atoms with Crippen LogP contribution in [0, 0.1) is 13.8 Å². The molecule has 5 heteroatoms. The zero-order chi connectivity index (χ0) is 12.3. The standard InChI is InChI=1S/C11H19N3OS/c1-5-6-11(4,12)9(15)14-10-13-7(2)8(3)16-10/h5-6,12H2,1-4H3,(H,13,14,15). The highest BCUT2D eigenvalue weighted by atomic mass is 32.1. The molecule has 1 atom stereocenters. The number of rotatable bonds is 4. The smallest absolute Gasteiger partial charge is 0.245 e. The van der Waals surface area contributed by atoms with Crippen LogP contribution in [0.15, 0.2) is 0 Å². The summed E-state index contributed by atoms with van der Waals surface area (Å²) in [6.07, 6.45) is 1.55. The molecule has 1 amide bonds. The van der Waals surface area contributed by atoms with Crippen LogP contribution in [0.2, 0.25) is 0 Å². The second kappa shape index (κ2) is 4.93. The van der Waals surface area contributed by atoms with E-state index < -0.39 is 5.54 Å². The van der Waals surface area contributed by atoms with Gasteiger partial charge in [-0.15, -0.1) is 11.3 Å². The lowest BCUT2D eigenvalue weighted by Crippen LogP contribution is -2.48. The number of thiazole rings is 1. The molecule has 0 aliphatic rings. The number of anilines is 1. The Morgan fingerprint density at radius 3 is 2.62 bits per heavy atom.